The van der Waals surface area contributed by atoms with Crippen LogP contribution in [0.3, 0.4) is 0 Å². The molecular formula is C10H8ClN3O2. The van der Waals surface area contributed by atoms with Gasteiger partial charge in [-0.05, 0) is 25.1 Å². The molecular weight excluding hydrogens is 230 g/mol. The molecule has 6 heteroatoms. The lowest BCUT2D eigenvalue weighted by molar-refractivity contribution is 0.0511. The maximum absolute atomic E-state index is 11.4. The van der Waals surface area contributed by atoms with Crippen LogP contribution in [0.15, 0.2) is 18.2 Å². The number of carbonyl (C=O) groups excluding carboxylic acids is 1. The van der Waals surface area contributed by atoms with E-state index in [4.69, 9.17) is 16.3 Å². The van der Waals surface area contributed by atoms with E-state index in [-0.39, 0.29) is 12.4 Å². The van der Waals surface area contributed by atoms with Crippen molar-refractivity contribution in [3.8, 4) is 0 Å². The molecule has 1 heterocycles. The van der Waals surface area contributed by atoms with Crippen molar-refractivity contribution in [3.63, 3.8) is 0 Å². The molecule has 0 amide bonds. The molecule has 0 bridgehead atoms. The fourth-order valence-corrected chi connectivity index (χ4v) is 1.36. The molecule has 82 valence electrons. The predicted octanol–water partition coefficient (Wildman–Crippen LogP) is 1.85. The van der Waals surface area contributed by atoms with Crippen LogP contribution < -0.4 is 0 Å². The normalized spacial score (nSPS) is 10.4. The van der Waals surface area contributed by atoms with Crippen molar-refractivity contribution in [2.45, 2.75) is 6.92 Å². The van der Waals surface area contributed by atoms with E-state index in [0.29, 0.717) is 16.1 Å². The highest BCUT2D eigenvalue weighted by atomic mass is 35.5. The van der Waals surface area contributed by atoms with E-state index < -0.39 is 5.97 Å². The van der Waals surface area contributed by atoms with Gasteiger partial charge in [0.15, 0.2) is 0 Å². The summed E-state index contributed by atoms with van der Waals surface area (Å²) in [6, 6.07) is 4.99. The molecule has 0 fully saturated rings. The molecule has 0 saturated heterocycles. The summed E-state index contributed by atoms with van der Waals surface area (Å²) in [5, 5.41) is 8.06. The maximum atomic E-state index is 11.4. The number of esters is 1. The minimum Gasteiger partial charge on any atom is -0.460 e. The van der Waals surface area contributed by atoms with E-state index in [2.05, 4.69) is 15.2 Å². The molecule has 1 aromatic heterocycles. The van der Waals surface area contributed by atoms with Crippen molar-refractivity contribution >= 4 is 28.6 Å². The number of hydrogen-bond acceptors (Lipinski definition) is 5. The number of carbonyl (C=O) groups is 1. The Hall–Kier alpha value is -1.75. The third-order valence-electron chi connectivity index (χ3n) is 1.87. The molecule has 2 aromatic rings. The number of ether oxygens (including phenoxy) is 1. The molecule has 0 aliphatic rings. The summed E-state index contributed by atoms with van der Waals surface area (Å²) < 4.78 is 4.77. The van der Waals surface area contributed by atoms with E-state index in [0.717, 1.165) is 0 Å². The van der Waals surface area contributed by atoms with Gasteiger partial charge in [-0.1, -0.05) is 11.6 Å². The number of hydrogen-bond donors (Lipinski definition) is 0. The Morgan fingerprint density at radius 2 is 2.19 bits per heavy atom. The van der Waals surface area contributed by atoms with Gasteiger partial charge >= 0.3 is 5.97 Å². The number of nitrogens with zero attached hydrogens (tertiary/aromatic N) is 3. The first-order valence-corrected chi connectivity index (χ1v) is 5.05. The lowest BCUT2D eigenvalue weighted by Gasteiger charge is -2.00. The zero-order chi connectivity index (χ0) is 11.5. The minimum atomic E-state index is -0.586. The van der Waals surface area contributed by atoms with Gasteiger partial charge in [-0.25, -0.2) is 9.78 Å². The standard InChI is InChI=1S/C10H8ClN3O2/c1-2-16-10(15)9-12-8-5-6(11)3-4-7(8)13-14-9/h3-5H,2H2,1H3. The summed E-state index contributed by atoms with van der Waals surface area (Å²) in [6.07, 6.45) is 0. The second-order valence-electron chi connectivity index (χ2n) is 2.99. The quantitative estimate of drug-likeness (QED) is 0.746. The maximum Gasteiger partial charge on any atom is 0.378 e. The first-order valence-electron chi connectivity index (χ1n) is 4.68. The van der Waals surface area contributed by atoms with Gasteiger partial charge < -0.3 is 4.74 Å². The minimum absolute atomic E-state index is 0.0587. The lowest BCUT2D eigenvalue weighted by Crippen LogP contribution is -2.10. The van der Waals surface area contributed by atoms with Crippen LogP contribution in [0, 0.1) is 0 Å². The number of fused-ring (bicyclic) bond motifs is 1. The Balaban J connectivity index is 2.46. The monoisotopic (exact) mass is 237 g/mol. The summed E-state index contributed by atoms with van der Waals surface area (Å²) in [7, 11) is 0. The van der Waals surface area contributed by atoms with Gasteiger partial charge in [0.05, 0.1) is 12.1 Å². The van der Waals surface area contributed by atoms with Crippen LogP contribution in [0.4, 0.5) is 0 Å². The highest BCUT2D eigenvalue weighted by molar-refractivity contribution is 6.31. The molecule has 0 aliphatic carbocycles. The first kappa shape index (κ1) is 10.8. The third kappa shape index (κ3) is 2.09. The van der Waals surface area contributed by atoms with E-state index in [1.165, 1.54) is 0 Å². The highest BCUT2D eigenvalue weighted by Crippen LogP contribution is 2.15. The number of benzene rings is 1. The molecule has 0 aliphatic heterocycles. The van der Waals surface area contributed by atoms with E-state index in [1.807, 2.05) is 0 Å². The van der Waals surface area contributed by atoms with E-state index in [1.54, 1.807) is 25.1 Å². The number of aromatic nitrogens is 3. The van der Waals surface area contributed by atoms with Crippen LogP contribution in [0.1, 0.15) is 17.5 Å². The van der Waals surface area contributed by atoms with Crippen LogP contribution in [0.25, 0.3) is 11.0 Å². The molecule has 2 rings (SSSR count). The Labute approximate surface area is 96.4 Å². The Kier molecular flexibility index (Phi) is 2.96. The van der Waals surface area contributed by atoms with Crippen molar-refractivity contribution in [1.29, 1.82) is 0 Å². The highest BCUT2D eigenvalue weighted by Gasteiger charge is 2.11. The van der Waals surface area contributed by atoms with Crippen molar-refractivity contribution in [2.75, 3.05) is 6.61 Å². The molecule has 0 spiro atoms. The van der Waals surface area contributed by atoms with Crippen LogP contribution in [-0.4, -0.2) is 27.8 Å². The molecule has 0 atom stereocenters. The molecule has 16 heavy (non-hydrogen) atoms. The SMILES string of the molecule is CCOC(=O)c1nnc2ccc(Cl)cc2n1. The van der Waals surface area contributed by atoms with Crippen LogP contribution in [0.5, 0.6) is 0 Å². The Bertz CT molecular complexity index is 545. The second-order valence-corrected chi connectivity index (χ2v) is 3.43. The number of halogens is 1. The summed E-state index contributed by atoms with van der Waals surface area (Å²) in [4.78, 5) is 15.4. The zero-order valence-electron chi connectivity index (χ0n) is 8.48. The molecule has 1 aromatic carbocycles. The van der Waals surface area contributed by atoms with E-state index >= 15 is 0 Å². The van der Waals surface area contributed by atoms with Gasteiger partial charge in [0.1, 0.15) is 5.52 Å². The summed E-state index contributed by atoms with van der Waals surface area (Å²) >= 11 is 5.81. The van der Waals surface area contributed by atoms with Gasteiger partial charge in [0.2, 0.25) is 0 Å². The zero-order valence-corrected chi connectivity index (χ0v) is 9.23. The topological polar surface area (TPSA) is 65.0 Å². The van der Waals surface area contributed by atoms with Crippen molar-refractivity contribution in [3.05, 3.63) is 29.0 Å². The van der Waals surface area contributed by atoms with E-state index in [9.17, 15) is 4.79 Å². The average molecular weight is 238 g/mol. The Morgan fingerprint density at radius 3 is 2.94 bits per heavy atom. The van der Waals surface area contributed by atoms with Crippen LogP contribution in [0.2, 0.25) is 5.02 Å². The van der Waals surface area contributed by atoms with Crippen molar-refractivity contribution in [1.82, 2.24) is 15.2 Å². The Morgan fingerprint density at radius 1 is 1.38 bits per heavy atom. The fraction of sp³-hybridized carbons (Fsp3) is 0.200. The molecule has 0 radical (unpaired) electrons. The van der Waals surface area contributed by atoms with Gasteiger partial charge in [-0.2, -0.15) is 0 Å². The van der Waals surface area contributed by atoms with Gasteiger partial charge in [0, 0.05) is 5.02 Å². The average Bonchev–Trinajstić information content (AvgIpc) is 2.28. The molecule has 0 unspecified atom stereocenters. The lowest BCUT2D eigenvalue weighted by atomic mass is 10.3. The fourth-order valence-electron chi connectivity index (χ4n) is 1.19. The summed E-state index contributed by atoms with van der Waals surface area (Å²) in [5.74, 6) is -0.645. The van der Waals surface area contributed by atoms with Gasteiger partial charge in [-0.3, -0.25) is 0 Å². The molecule has 0 saturated carbocycles. The van der Waals surface area contributed by atoms with Crippen molar-refractivity contribution in [2.24, 2.45) is 0 Å². The third-order valence-corrected chi connectivity index (χ3v) is 2.11. The van der Waals surface area contributed by atoms with Crippen LogP contribution >= 0.6 is 11.6 Å². The van der Waals surface area contributed by atoms with Gasteiger partial charge in [0.25, 0.3) is 5.82 Å². The van der Waals surface area contributed by atoms with Crippen molar-refractivity contribution < 1.29 is 9.53 Å². The number of rotatable bonds is 2. The summed E-state index contributed by atoms with van der Waals surface area (Å²) in [5.41, 5.74) is 1.10. The largest absolute Gasteiger partial charge is 0.460 e. The summed E-state index contributed by atoms with van der Waals surface area (Å²) in [6.45, 7) is 1.99. The second kappa shape index (κ2) is 4.40. The van der Waals surface area contributed by atoms with Gasteiger partial charge in [-0.15, -0.1) is 10.2 Å². The van der Waals surface area contributed by atoms with Crippen LogP contribution in [-0.2, 0) is 4.74 Å². The molecule has 5 nitrogen and oxygen atoms in total. The predicted molar refractivity (Wildman–Crippen MR) is 58.3 cm³/mol. The molecule has 0 N–H and O–H groups in total. The first-order chi connectivity index (χ1) is 7.70. The smallest absolute Gasteiger partial charge is 0.378 e.